The van der Waals surface area contributed by atoms with Crippen LogP contribution in [0.2, 0.25) is 0 Å². The van der Waals surface area contributed by atoms with Gasteiger partial charge < -0.3 is 15.0 Å². The van der Waals surface area contributed by atoms with Gasteiger partial charge in [-0.15, -0.1) is 0 Å². The van der Waals surface area contributed by atoms with Gasteiger partial charge in [-0.3, -0.25) is 4.90 Å². The number of rotatable bonds is 6. The Morgan fingerprint density at radius 3 is 2.74 bits per heavy atom. The molecule has 0 spiro atoms. The molecule has 2 heterocycles. The summed E-state index contributed by atoms with van der Waals surface area (Å²) in [4.78, 5) is 5.06. The Morgan fingerprint density at radius 2 is 2.05 bits per heavy atom. The Bertz CT molecular complexity index is 260. The van der Waals surface area contributed by atoms with Gasteiger partial charge in [0.05, 0.1) is 12.7 Å². The average molecular weight is 269 g/mol. The summed E-state index contributed by atoms with van der Waals surface area (Å²) in [6, 6.07) is 0.638. The van der Waals surface area contributed by atoms with E-state index in [4.69, 9.17) is 4.74 Å². The lowest BCUT2D eigenvalue weighted by molar-refractivity contribution is -0.0373. The molecule has 0 aromatic rings. The lowest BCUT2D eigenvalue weighted by atomic mass is 10.1. The van der Waals surface area contributed by atoms with E-state index in [2.05, 4.69) is 35.9 Å². The Hall–Kier alpha value is -0.160. The highest BCUT2D eigenvalue weighted by molar-refractivity contribution is 4.79. The first-order valence-electron chi connectivity index (χ1n) is 7.97. The largest absolute Gasteiger partial charge is 0.374 e. The zero-order chi connectivity index (χ0) is 13.7. The second kappa shape index (κ2) is 7.58. The molecule has 0 aliphatic carbocycles. The monoisotopic (exact) mass is 269 g/mol. The van der Waals surface area contributed by atoms with Gasteiger partial charge in [0.1, 0.15) is 0 Å². The molecular formula is C15H31N3O. The molecule has 2 atom stereocenters. The minimum atomic E-state index is 0.375. The predicted molar refractivity (Wildman–Crippen MR) is 79.5 cm³/mol. The second-order valence-electron chi connectivity index (χ2n) is 6.29. The molecule has 4 nitrogen and oxygen atoms in total. The van der Waals surface area contributed by atoms with Crippen molar-refractivity contribution in [2.75, 3.05) is 52.4 Å². The molecule has 0 aromatic carbocycles. The summed E-state index contributed by atoms with van der Waals surface area (Å²) >= 11 is 0. The Balaban J connectivity index is 1.60. The lowest BCUT2D eigenvalue weighted by Crippen LogP contribution is -2.49. The van der Waals surface area contributed by atoms with Gasteiger partial charge in [0.2, 0.25) is 0 Å². The zero-order valence-corrected chi connectivity index (χ0v) is 12.9. The molecule has 0 amide bonds. The highest BCUT2D eigenvalue weighted by atomic mass is 16.5. The summed E-state index contributed by atoms with van der Waals surface area (Å²) in [6.45, 7) is 15.8. The normalized spacial score (nSPS) is 30.3. The lowest BCUT2D eigenvalue weighted by Gasteiger charge is -2.35. The van der Waals surface area contributed by atoms with Crippen molar-refractivity contribution in [2.24, 2.45) is 5.92 Å². The fraction of sp³-hybridized carbons (Fsp3) is 1.00. The van der Waals surface area contributed by atoms with Crippen molar-refractivity contribution >= 4 is 0 Å². The molecule has 2 unspecified atom stereocenters. The van der Waals surface area contributed by atoms with Crippen LogP contribution < -0.4 is 5.32 Å². The van der Waals surface area contributed by atoms with Crippen molar-refractivity contribution in [3.63, 3.8) is 0 Å². The van der Waals surface area contributed by atoms with Crippen LogP contribution in [0.1, 0.15) is 27.2 Å². The van der Waals surface area contributed by atoms with Gasteiger partial charge in [-0.2, -0.15) is 0 Å². The molecule has 2 rings (SSSR count). The van der Waals surface area contributed by atoms with Crippen LogP contribution in [0.15, 0.2) is 0 Å². The fourth-order valence-electron chi connectivity index (χ4n) is 3.15. The zero-order valence-electron chi connectivity index (χ0n) is 12.9. The standard InChI is InChI=1S/C15H31N3O/c1-4-17-6-5-14(11-17)9-16-10-15-12-18(13(2)3)7-8-19-15/h13-16H,4-12H2,1-3H3. The van der Waals surface area contributed by atoms with Gasteiger partial charge in [0.25, 0.3) is 0 Å². The molecule has 0 saturated carbocycles. The maximum absolute atomic E-state index is 5.85. The third kappa shape index (κ3) is 4.71. The smallest absolute Gasteiger partial charge is 0.0826 e. The van der Waals surface area contributed by atoms with Gasteiger partial charge >= 0.3 is 0 Å². The van der Waals surface area contributed by atoms with Crippen molar-refractivity contribution in [1.29, 1.82) is 0 Å². The van der Waals surface area contributed by atoms with E-state index in [1.165, 1.54) is 26.1 Å². The van der Waals surface area contributed by atoms with Crippen molar-refractivity contribution in [3.8, 4) is 0 Å². The molecule has 4 heteroatoms. The predicted octanol–water partition coefficient (Wildman–Crippen LogP) is 1.03. The summed E-state index contributed by atoms with van der Waals surface area (Å²) < 4.78 is 5.85. The molecule has 2 saturated heterocycles. The van der Waals surface area contributed by atoms with E-state index < -0.39 is 0 Å². The van der Waals surface area contributed by atoms with E-state index in [9.17, 15) is 0 Å². The first kappa shape index (κ1) is 15.2. The summed E-state index contributed by atoms with van der Waals surface area (Å²) in [7, 11) is 0. The van der Waals surface area contributed by atoms with Gasteiger partial charge in [-0.25, -0.2) is 0 Å². The summed E-state index contributed by atoms with van der Waals surface area (Å²) in [5.74, 6) is 0.838. The number of hydrogen-bond donors (Lipinski definition) is 1. The van der Waals surface area contributed by atoms with Crippen molar-refractivity contribution < 1.29 is 4.74 Å². The number of hydrogen-bond acceptors (Lipinski definition) is 4. The quantitative estimate of drug-likeness (QED) is 0.779. The molecule has 2 aliphatic heterocycles. The van der Waals surface area contributed by atoms with Crippen LogP contribution in [0.25, 0.3) is 0 Å². The van der Waals surface area contributed by atoms with E-state index in [1.54, 1.807) is 0 Å². The summed E-state index contributed by atoms with van der Waals surface area (Å²) in [5.41, 5.74) is 0. The maximum atomic E-state index is 5.85. The molecule has 112 valence electrons. The fourth-order valence-corrected chi connectivity index (χ4v) is 3.15. The van der Waals surface area contributed by atoms with Gasteiger partial charge in [-0.1, -0.05) is 6.92 Å². The van der Waals surface area contributed by atoms with Gasteiger partial charge in [-0.05, 0) is 45.8 Å². The van der Waals surface area contributed by atoms with Crippen molar-refractivity contribution in [3.05, 3.63) is 0 Å². The molecule has 0 aromatic heterocycles. The first-order chi connectivity index (χ1) is 9.19. The molecule has 0 radical (unpaired) electrons. The SMILES string of the molecule is CCN1CCC(CNCC2CN(C(C)C)CCO2)C1. The van der Waals surface area contributed by atoms with Crippen molar-refractivity contribution in [2.45, 2.75) is 39.3 Å². The summed E-state index contributed by atoms with van der Waals surface area (Å²) in [5, 5.41) is 3.62. The van der Waals surface area contributed by atoms with Crippen LogP contribution in [-0.4, -0.2) is 74.4 Å². The van der Waals surface area contributed by atoms with Crippen LogP contribution >= 0.6 is 0 Å². The second-order valence-corrected chi connectivity index (χ2v) is 6.29. The number of nitrogens with one attached hydrogen (secondary N) is 1. The number of ether oxygens (including phenoxy) is 1. The van der Waals surface area contributed by atoms with Crippen LogP contribution in [-0.2, 0) is 4.74 Å². The first-order valence-corrected chi connectivity index (χ1v) is 7.97. The Kier molecular flexibility index (Phi) is 6.07. The maximum Gasteiger partial charge on any atom is 0.0826 e. The number of likely N-dealkylation sites (tertiary alicyclic amines) is 1. The third-order valence-corrected chi connectivity index (χ3v) is 4.52. The topological polar surface area (TPSA) is 27.7 Å². The highest BCUT2D eigenvalue weighted by Crippen LogP contribution is 2.14. The molecular weight excluding hydrogens is 238 g/mol. The minimum Gasteiger partial charge on any atom is -0.374 e. The third-order valence-electron chi connectivity index (χ3n) is 4.52. The Labute approximate surface area is 118 Å². The van der Waals surface area contributed by atoms with E-state index in [1.807, 2.05) is 0 Å². The van der Waals surface area contributed by atoms with E-state index >= 15 is 0 Å². The van der Waals surface area contributed by atoms with Crippen LogP contribution in [0.5, 0.6) is 0 Å². The van der Waals surface area contributed by atoms with Crippen molar-refractivity contribution in [1.82, 2.24) is 15.1 Å². The van der Waals surface area contributed by atoms with E-state index in [0.717, 1.165) is 38.7 Å². The van der Waals surface area contributed by atoms with Crippen LogP contribution in [0.3, 0.4) is 0 Å². The number of nitrogens with zero attached hydrogens (tertiary/aromatic N) is 2. The summed E-state index contributed by atoms with van der Waals surface area (Å²) in [6.07, 6.45) is 1.73. The molecule has 2 fully saturated rings. The molecule has 1 N–H and O–H groups in total. The Morgan fingerprint density at radius 1 is 1.21 bits per heavy atom. The molecule has 19 heavy (non-hydrogen) atoms. The van der Waals surface area contributed by atoms with Crippen LogP contribution in [0.4, 0.5) is 0 Å². The van der Waals surface area contributed by atoms with Gasteiger partial charge in [0, 0.05) is 32.2 Å². The average Bonchev–Trinajstić information content (AvgIpc) is 2.87. The molecule has 0 bridgehead atoms. The molecule has 2 aliphatic rings. The van der Waals surface area contributed by atoms with E-state index in [0.29, 0.717) is 12.1 Å². The van der Waals surface area contributed by atoms with Crippen LogP contribution in [0, 0.1) is 5.92 Å². The minimum absolute atomic E-state index is 0.375. The van der Waals surface area contributed by atoms with E-state index in [-0.39, 0.29) is 0 Å². The highest BCUT2D eigenvalue weighted by Gasteiger charge is 2.23. The number of morpholine rings is 1. The van der Waals surface area contributed by atoms with Gasteiger partial charge in [0.15, 0.2) is 0 Å².